The van der Waals surface area contributed by atoms with Gasteiger partial charge in [0.25, 0.3) is 21.6 Å². The van der Waals surface area contributed by atoms with Gasteiger partial charge in [-0.3, -0.25) is 19.2 Å². The van der Waals surface area contributed by atoms with E-state index in [1.165, 1.54) is 38.3 Å². The number of hydrazone groups is 1. The molecule has 10 nitrogen and oxygen atoms in total. The third kappa shape index (κ3) is 6.28. The van der Waals surface area contributed by atoms with Crippen molar-refractivity contribution in [3.63, 3.8) is 0 Å². The van der Waals surface area contributed by atoms with Crippen molar-refractivity contribution in [3.05, 3.63) is 58.1 Å². The molecule has 0 radical (unpaired) electrons. The van der Waals surface area contributed by atoms with Crippen molar-refractivity contribution >= 4 is 33.0 Å². The Kier molecular flexibility index (Phi) is 7.80. The summed E-state index contributed by atoms with van der Waals surface area (Å²) in [6.07, 6.45) is 0. The van der Waals surface area contributed by atoms with E-state index in [2.05, 4.69) is 10.5 Å². The minimum atomic E-state index is -4.33. The highest BCUT2D eigenvalue weighted by molar-refractivity contribution is 7.92. The number of amides is 1. The van der Waals surface area contributed by atoms with Crippen LogP contribution in [0.2, 0.25) is 0 Å². The first-order valence-corrected chi connectivity index (χ1v) is 11.5. The fraction of sp³-hybridized carbons (Fsp3) is 0.364. The molecule has 0 saturated heterocycles. The molecule has 178 valence electrons. The van der Waals surface area contributed by atoms with E-state index in [1.54, 1.807) is 19.1 Å². The predicted molar refractivity (Wildman–Crippen MR) is 126 cm³/mol. The molecule has 0 heterocycles. The number of sulfonamides is 1. The zero-order valence-corrected chi connectivity index (χ0v) is 20.3. The molecule has 0 bridgehead atoms. The van der Waals surface area contributed by atoms with Crippen molar-refractivity contribution in [2.45, 2.75) is 39.5 Å². The number of benzene rings is 2. The Hall–Kier alpha value is -3.47. The SMILES string of the molecule is COc1ccc(N(CC(=O)N/N=C(/C)C(C)(C)C)S(=O)(=O)c2ccc(C)c([N+](=O)[O-])c2)cc1. The molecular formula is C22H28N4O6S. The number of nitrogens with one attached hydrogen (secondary N) is 1. The summed E-state index contributed by atoms with van der Waals surface area (Å²) in [5.41, 5.74) is 2.93. The van der Waals surface area contributed by atoms with Crippen LogP contribution in [0.4, 0.5) is 11.4 Å². The van der Waals surface area contributed by atoms with Crippen LogP contribution in [0.25, 0.3) is 0 Å². The molecule has 0 aliphatic rings. The fourth-order valence-electron chi connectivity index (χ4n) is 2.62. The van der Waals surface area contributed by atoms with Gasteiger partial charge < -0.3 is 4.74 Å². The third-order valence-electron chi connectivity index (χ3n) is 5.05. The van der Waals surface area contributed by atoms with E-state index in [1.807, 2.05) is 20.8 Å². The Labute approximate surface area is 193 Å². The maximum absolute atomic E-state index is 13.5. The number of ether oxygens (including phenoxy) is 1. The number of nitrogens with zero attached hydrogens (tertiary/aromatic N) is 3. The van der Waals surface area contributed by atoms with Gasteiger partial charge in [-0.2, -0.15) is 5.10 Å². The van der Waals surface area contributed by atoms with Crippen LogP contribution in [0.5, 0.6) is 5.75 Å². The molecule has 2 aromatic rings. The Morgan fingerprint density at radius 3 is 2.30 bits per heavy atom. The van der Waals surface area contributed by atoms with Crippen molar-refractivity contribution in [1.29, 1.82) is 0 Å². The number of hydrogen-bond acceptors (Lipinski definition) is 7. The topological polar surface area (TPSA) is 131 Å². The number of methoxy groups -OCH3 is 1. The lowest BCUT2D eigenvalue weighted by atomic mass is 9.91. The van der Waals surface area contributed by atoms with E-state index in [0.29, 0.717) is 17.0 Å². The number of nitro benzene ring substituents is 1. The van der Waals surface area contributed by atoms with Gasteiger partial charge >= 0.3 is 0 Å². The molecule has 2 rings (SSSR count). The van der Waals surface area contributed by atoms with Gasteiger partial charge in [-0.15, -0.1) is 0 Å². The monoisotopic (exact) mass is 476 g/mol. The van der Waals surface area contributed by atoms with Crippen LogP contribution in [0, 0.1) is 22.5 Å². The smallest absolute Gasteiger partial charge is 0.273 e. The lowest BCUT2D eigenvalue weighted by Gasteiger charge is -2.24. The summed E-state index contributed by atoms with van der Waals surface area (Å²) in [7, 11) is -2.86. The summed E-state index contributed by atoms with van der Waals surface area (Å²) in [6, 6.07) is 9.68. The van der Waals surface area contributed by atoms with Crippen LogP contribution in [0.1, 0.15) is 33.3 Å². The summed E-state index contributed by atoms with van der Waals surface area (Å²) < 4.78 is 32.9. The highest BCUT2D eigenvalue weighted by atomic mass is 32.2. The van der Waals surface area contributed by atoms with Gasteiger partial charge in [0.1, 0.15) is 12.3 Å². The number of anilines is 1. The Morgan fingerprint density at radius 2 is 1.79 bits per heavy atom. The number of rotatable bonds is 8. The van der Waals surface area contributed by atoms with E-state index >= 15 is 0 Å². The van der Waals surface area contributed by atoms with Crippen LogP contribution < -0.4 is 14.5 Å². The summed E-state index contributed by atoms with van der Waals surface area (Å²) in [4.78, 5) is 23.0. The van der Waals surface area contributed by atoms with E-state index in [9.17, 15) is 23.3 Å². The van der Waals surface area contributed by atoms with Gasteiger partial charge in [0.15, 0.2) is 0 Å². The van der Waals surface area contributed by atoms with Gasteiger partial charge in [-0.05, 0) is 44.2 Å². The van der Waals surface area contributed by atoms with Crippen molar-refractivity contribution in [2.75, 3.05) is 18.0 Å². The number of nitro groups is 1. The Bertz CT molecular complexity index is 1170. The first-order valence-electron chi connectivity index (χ1n) is 10.0. The zero-order chi connectivity index (χ0) is 25.0. The standard InChI is InChI=1S/C22H28N4O6S/c1-15-7-12-19(13-20(15)26(28)29)33(30,31)25(17-8-10-18(32-6)11-9-17)14-21(27)24-23-16(2)22(3,4)5/h7-13H,14H2,1-6H3,(H,24,27)/b23-16-. The Balaban J connectivity index is 2.49. The van der Waals surface area contributed by atoms with Crippen LogP contribution in [-0.2, 0) is 14.8 Å². The molecule has 33 heavy (non-hydrogen) atoms. The Morgan fingerprint density at radius 1 is 1.18 bits per heavy atom. The molecule has 0 aromatic heterocycles. The molecule has 11 heteroatoms. The molecule has 0 saturated carbocycles. The first kappa shape index (κ1) is 25.8. The van der Waals surface area contributed by atoms with E-state index < -0.39 is 27.4 Å². The van der Waals surface area contributed by atoms with Gasteiger partial charge in [0.2, 0.25) is 0 Å². The second-order valence-electron chi connectivity index (χ2n) is 8.40. The molecule has 1 amide bonds. The van der Waals surface area contributed by atoms with Crippen LogP contribution in [-0.4, -0.2) is 38.6 Å². The van der Waals surface area contributed by atoms with Gasteiger partial charge in [0, 0.05) is 22.8 Å². The fourth-order valence-corrected chi connectivity index (χ4v) is 4.06. The number of aryl methyl sites for hydroxylation is 1. The summed E-state index contributed by atoms with van der Waals surface area (Å²) >= 11 is 0. The van der Waals surface area contributed by atoms with Crippen molar-refractivity contribution < 1.29 is 22.9 Å². The molecule has 0 unspecified atom stereocenters. The van der Waals surface area contributed by atoms with Crippen LogP contribution in [0.15, 0.2) is 52.5 Å². The van der Waals surface area contributed by atoms with Gasteiger partial charge in [0.05, 0.1) is 22.6 Å². The van der Waals surface area contributed by atoms with E-state index in [4.69, 9.17) is 4.74 Å². The second kappa shape index (κ2) is 9.99. The van der Waals surface area contributed by atoms with Crippen molar-refractivity contribution in [1.82, 2.24) is 5.43 Å². The third-order valence-corrected chi connectivity index (χ3v) is 6.82. The van der Waals surface area contributed by atoms with Gasteiger partial charge in [-0.25, -0.2) is 13.8 Å². The maximum atomic E-state index is 13.5. The average molecular weight is 477 g/mol. The highest BCUT2D eigenvalue weighted by Crippen LogP contribution is 2.29. The lowest BCUT2D eigenvalue weighted by Crippen LogP contribution is -2.40. The first-order chi connectivity index (χ1) is 15.3. The van der Waals surface area contributed by atoms with Crippen LogP contribution in [0.3, 0.4) is 0 Å². The molecule has 0 aliphatic carbocycles. The average Bonchev–Trinajstić information content (AvgIpc) is 2.75. The molecular weight excluding hydrogens is 448 g/mol. The van der Waals surface area contributed by atoms with Crippen LogP contribution >= 0.6 is 0 Å². The summed E-state index contributed by atoms with van der Waals surface area (Å²) in [6.45, 7) is 8.46. The molecule has 0 fully saturated rings. The molecule has 0 aliphatic heterocycles. The molecule has 1 N–H and O–H groups in total. The van der Waals surface area contributed by atoms with Crippen molar-refractivity contribution in [3.8, 4) is 5.75 Å². The maximum Gasteiger partial charge on any atom is 0.273 e. The zero-order valence-electron chi connectivity index (χ0n) is 19.4. The number of carbonyl (C=O) groups is 1. The predicted octanol–water partition coefficient (Wildman–Crippen LogP) is 3.65. The summed E-state index contributed by atoms with van der Waals surface area (Å²) in [5.74, 6) is -0.170. The van der Waals surface area contributed by atoms with Crippen molar-refractivity contribution in [2.24, 2.45) is 10.5 Å². The second-order valence-corrected chi connectivity index (χ2v) is 10.3. The molecule has 0 atom stereocenters. The summed E-state index contributed by atoms with van der Waals surface area (Å²) in [5, 5.41) is 15.4. The minimum Gasteiger partial charge on any atom is -0.497 e. The number of hydrogen-bond donors (Lipinski definition) is 1. The molecule has 2 aromatic carbocycles. The molecule has 0 spiro atoms. The van der Waals surface area contributed by atoms with E-state index in [0.717, 1.165) is 10.4 Å². The quantitative estimate of drug-likeness (QED) is 0.351. The highest BCUT2D eigenvalue weighted by Gasteiger charge is 2.29. The van der Waals surface area contributed by atoms with Gasteiger partial charge in [-0.1, -0.05) is 26.8 Å². The van der Waals surface area contributed by atoms with E-state index in [-0.39, 0.29) is 21.7 Å². The normalized spacial score (nSPS) is 12.2. The minimum absolute atomic E-state index is 0.186. The number of carbonyl (C=O) groups excluding carboxylic acids is 1. The lowest BCUT2D eigenvalue weighted by molar-refractivity contribution is -0.385. The largest absolute Gasteiger partial charge is 0.497 e.